The Hall–Kier alpha value is -1.27. The van der Waals surface area contributed by atoms with Crippen LogP contribution in [0.4, 0.5) is 0 Å². The SMILES string of the molecule is O=C(NCCOCCBr)c1cc(O)cc(O)c1. The lowest BCUT2D eigenvalue weighted by Gasteiger charge is -2.06. The average Bonchev–Trinajstić information content (AvgIpc) is 2.27. The average molecular weight is 304 g/mol. The number of halogens is 1. The molecule has 1 amide bonds. The second-order valence-electron chi connectivity index (χ2n) is 3.30. The fourth-order valence-corrected chi connectivity index (χ4v) is 1.45. The molecule has 1 aromatic carbocycles. The molecule has 0 saturated heterocycles. The molecule has 0 saturated carbocycles. The van der Waals surface area contributed by atoms with Gasteiger partial charge in [-0.3, -0.25) is 4.79 Å². The minimum absolute atomic E-state index is 0.148. The molecule has 94 valence electrons. The fourth-order valence-electron chi connectivity index (χ4n) is 1.22. The summed E-state index contributed by atoms with van der Waals surface area (Å²) in [4.78, 5) is 11.6. The predicted molar refractivity (Wildman–Crippen MR) is 66.7 cm³/mol. The molecule has 0 heterocycles. The molecule has 6 heteroatoms. The summed E-state index contributed by atoms with van der Waals surface area (Å²) in [6.45, 7) is 1.38. The van der Waals surface area contributed by atoms with E-state index in [-0.39, 0.29) is 23.0 Å². The van der Waals surface area contributed by atoms with E-state index in [1.54, 1.807) is 0 Å². The Labute approximate surface area is 108 Å². The van der Waals surface area contributed by atoms with Gasteiger partial charge in [0.2, 0.25) is 0 Å². The van der Waals surface area contributed by atoms with Crippen molar-refractivity contribution in [1.82, 2.24) is 5.32 Å². The van der Waals surface area contributed by atoms with Crippen LogP contribution in [0.3, 0.4) is 0 Å². The van der Waals surface area contributed by atoms with Gasteiger partial charge in [-0.1, -0.05) is 15.9 Å². The van der Waals surface area contributed by atoms with Crippen molar-refractivity contribution < 1.29 is 19.7 Å². The van der Waals surface area contributed by atoms with Gasteiger partial charge in [0.05, 0.1) is 13.2 Å². The number of amides is 1. The molecule has 0 fully saturated rings. The van der Waals surface area contributed by atoms with Crippen LogP contribution in [-0.2, 0) is 4.74 Å². The molecule has 0 atom stereocenters. The largest absolute Gasteiger partial charge is 0.508 e. The minimum Gasteiger partial charge on any atom is -0.508 e. The van der Waals surface area contributed by atoms with Gasteiger partial charge in [0, 0.05) is 23.5 Å². The topological polar surface area (TPSA) is 78.8 Å². The Balaban J connectivity index is 2.41. The number of aromatic hydroxyl groups is 2. The highest BCUT2D eigenvalue weighted by Crippen LogP contribution is 2.20. The van der Waals surface area contributed by atoms with Crippen LogP contribution in [0.15, 0.2) is 18.2 Å². The molecule has 5 nitrogen and oxygen atoms in total. The first kappa shape index (κ1) is 13.8. The zero-order valence-electron chi connectivity index (χ0n) is 9.15. The normalized spacial score (nSPS) is 10.2. The summed E-state index contributed by atoms with van der Waals surface area (Å²) in [5.74, 6) is -0.657. The number of nitrogens with one attached hydrogen (secondary N) is 1. The van der Waals surface area contributed by atoms with E-state index >= 15 is 0 Å². The summed E-state index contributed by atoms with van der Waals surface area (Å²) in [7, 11) is 0. The fraction of sp³-hybridized carbons (Fsp3) is 0.364. The van der Waals surface area contributed by atoms with Crippen molar-refractivity contribution in [3.63, 3.8) is 0 Å². The molecule has 17 heavy (non-hydrogen) atoms. The van der Waals surface area contributed by atoms with Crippen LogP contribution in [0, 0.1) is 0 Å². The van der Waals surface area contributed by atoms with Crippen LogP contribution in [0.2, 0.25) is 0 Å². The van der Waals surface area contributed by atoms with Gasteiger partial charge in [-0.15, -0.1) is 0 Å². The predicted octanol–water partition coefficient (Wildman–Crippen LogP) is 1.24. The number of benzene rings is 1. The quantitative estimate of drug-likeness (QED) is 0.546. The lowest BCUT2D eigenvalue weighted by molar-refractivity contribution is 0.0923. The van der Waals surface area contributed by atoms with Crippen molar-refractivity contribution in [3.8, 4) is 11.5 Å². The van der Waals surface area contributed by atoms with Crippen molar-refractivity contribution in [3.05, 3.63) is 23.8 Å². The molecular weight excluding hydrogens is 290 g/mol. The van der Waals surface area contributed by atoms with Crippen LogP contribution in [0.25, 0.3) is 0 Å². The number of alkyl halides is 1. The number of hydrogen-bond donors (Lipinski definition) is 3. The maximum absolute atomic E-state index is 11.6. The van der Waals surface area contributed by atoms with Gasteiger partial charge in [-0.25, -0.2) is 0 Å². The number of ether oxygens (including phenoxy) is 1. The summed E-state index contributed by atoms with van der Waals surface area (Å²) in [6.07, 6.45) is 0. The second-order valence-corrected chi connectivity index (χ2v) is 4.09. The highest BCUT2D eigenvalue weighted by Gasteiger charge is 2.07. The lowest BCUT2D eigenvalue weighted by atomic mass is 10.2. The van der Waals surface area contributed by atoms with E-state index in [4.69, 9.17) is 4.74 Å². The van der Waals surface area contributed by atoms with Gasteiger partial charge < -0.3 is 20.3 Å². The molecule has 0 unspecified atom stereocenters. The molecule has 0 aliphatic carbocycles. The molecule has 0 radical (unpaired) electrons. The first-order valence-corrected chi connectivity index (χ1v) is 6.20. The number of carbonyl (C=O) groups excluding carboxylic acids is 1. The maximum atomic E-state index is 11.6. The monoisotopic (exact) mass is 303 g/mol. The zero-order valence-corrected chi connectivity index (χ0v) is 10.7. The van der Waals surface area contributed by atoms with E-state index in [9.17, 15) is 15.0 Å². The molecule has 3 N–H and O–H groups in total. The molecule has 0 spiro atoms. The van der Waals surface area contributed by atoms with E-state index in [0.29, 0.717) is 19.8 Å². The summed E-state index contributed by atoms with van der Waals surface area (Å²) >= 11 is 3.22. The van der Waals surface area contributed by atoms with E-state index in [2.05, 4.69) is 21.2 Å². The standard InChI is InChI=1S/C11H14BrNO4/c12-1-3-17-4-2-13-11(16)8-5-9(14)7-10(15)6-8/h5-7,14-15H,1-4H2,(H,13,16). The Bertz CT molecular complexity index is 363. The van der Waals surface area contributed by atoms with E-state index in [1.807, 2.05) is 0 Å². The van der Waals surface area contributed by atoms with Gasteiger partial charge in [-0.05, 0) is 12.1 Å². The maximum Gasteiger partial charge on any atom is 0.251 e. The number of carbonyl (C=O) groups is 1. The smallest absolute Gasteiger partial charge is 0.251 e. The van der Waals surface area contributed by atoms with Crippen molar-refractivity contribution in [2.24, 2.45) is 0 Å². The van der Waals surface area contributed by atoms with Crippen molar-refractivity contribution in [2.75, 3.05) is 25.1 Å². The third-order valence-corrected chi connectivity index (χ3v) is 2.24. The van der Waals surface area contributed by atoms with Crippen molar-refractivity contribution >= 4 is 21.8 Å². The van der Waals surface area contributed by atoms with Crippen LogP contribution in [-0.4, -0.2) is 41.2 Å². The molecule has 0 aromatic heterocycles. The van der Waals surface area contributed by atoms with Gasteiger partial charge in [0.25, 0.3) is 5.91 Å². The van der Waals surface area contributed by atoms with E-state index in [1.165, 1.54) is 12.1 Å². The lowest BCUT2D eigenvalue weighted by Crippen LogP contribution is -2.27. The third kappa shape index (κ3) is 5.06. The molecule has 1 rings (SSSR count). The highest BCUT2D eigenvalue weighted by molar-refractivity contribution is 9.09. The van der Waals surface area contributed by atoms with Crippen LogP contribution in [0.1, 0.15) is 10.4 Å². The van der Waals surface area contributed by atoms with Gasteiger partial charge in [0.1, 0.15) is 11.5 Å². The van der Waals surface area contributed by atoms with Crippen molar-refractivity contribution in [1.29, 1.82) is 0 Å². The first-order chi connectivity index (χ1) is 8.13. The second kappa shape index (κ2) is 7.13. The van der Waals surface area contributed by atoms with Crippen LogP contribution in [0.5, 0.6) is 11.5 Å². The minimum atomic E-state index is -0.362. The van der Waals surface area contributed by atoms with E-state index in [0.717, 1.165) is 11.4 Å². The summed E-state index contributed by atoms with van der Waals surface area (Å²) in [5, 5.41) is 21.8. The molecule has 0 bridgehead atoms. The third-order valence-electron chi connectivity index (χ3n) is 1.92. The number of phenols is 2. The van der Waals surface area contributed by atoms with Gasteiger partial charge >= 0.3 is 0 Å². The van der Waals surface area contributed by atoms with Crippen LogP contribution < -0.4 is 5.32 Å². The molecule has 1 aromatic rings. The Morgan fingerprint density at radius 3 is 2.47 bits per heavy atom. The summed E-state index contributed by atoms with van der Waals surface area (Å²) in [5.41, 5.74) is 0.211. The summed E-state index contributed by atoms with van der Waals surface area (Å²) < 4.78 is 5.16. The highest BCUT2D eigenvalue weighted by atomic mass is 79.9. The summed E-state index contributed by atoms with van der Waals surface area (Å²) in [6, 6.07) is 3.73. The Morgan fingerprint density at radius 1 is 1.24 bits per heavy atom. The zero-order chi connectivity index (χ0) is 12.7. The number of hydrogen-bond acceptors (Lipinski definition) is 4. The Morgan fingerprint density at radius 2 is 1.88 bits per heavy atom. The molecular formula is C11H14BrNO4. The molecule has 0 aliphatic rings. The van der Waals surface area contributed by atoms with E-state index < -0.39 is 0 Å². The van der Waals surface area contributed by atoms with Crippen LogP contribution >= 0.6 is 15.9 Å². The van der Waals surface area contributed by atoms with Gasteiger partial charge in [-0.2, -0.15) is 0 Å². The number of phenolic OH excluding ortho intramolecular Hbond substituents is 2. The Kier molecular flexibility index (Phi) is 5.79. The first-order valence-electron chi connectivity index (χ1n) is 5.08. The molecule has 0 aliphatic heterocycles. The number of rotatable bonds is 6. The van der Waals surface area contributed by atoms with Gasteiger partial charge in [0.15, 0.2) is 0 Å². The van der Waals surface area contributed by atoms with Crippen molar-refractivity contribution in [2.45, 2.75) is 0 Å².